The number of carbonyl (C=O) groups excluding carboxylic acids is 1. The lowest BCUT2D eigenvalue weighted by molar-refractivity contribution is -0.135. The fraction of sp³-hybridized carbons (Fsp3) is 0.550. The minimum absolute atomic E-state index is 0.100. The Balaban J connectivity index is 1.41. The van der Waals surface area contributed by atoms with Crippen LogP contribution in [0.4, 0.5) is 0 Å². The fourth-order valence-electron chi connectivity index (χ4n) is 4.52. The van der Waals surface area contributed by atoms with Crippen molar-refractivity contribution in [3.63, 3.8) is 0 Å². The first-order chi connectivity index (χ1) is 11.3. The Bertz CT molecular complexity index is 567. The number of allylic oxidation sites excluding steroid dienone is 2. The average Bonchev–Trinajstić information content (AvgIpc) is 3.21. The first kappa shape index (κ1) is 14.9. The lowest BCUT2D eigenvalue weighted by Crippen LogP contribution is -2.44. The Morgan fingerprint density at radius 2 is 1.74 bits per heavy atom. The van der Waals surface area contributed by atoms with Crippen LogP contribution in [-0.2, 0) is 11.3 Å². The third-order valence-corrected chi connectivity index (χ3v) is 5.81. The van der Waals surface area contributed by atoms with E-state index in [0.29, 0.717) is 17.7 Å². The van der Waals surface area contributed by atoms with Crippen LogP contribution < -0.4 is 0 Å². The molecule has 0 spiro atoms. The molecule has 1 amide bonds. The molecular weight excluding hydrogens is 284 g/mol. The third kappa shape index (κ3) is 3.07. The molecule has 0 bridgehead atoms. The number of benzene rings is 1. The largest absolute Gasteiger partial charge is 0.341 e. The molecule has 1 aromatic carbocycles. The predicted octanol–water partition coefficient (Wildman–Crippen LogP) is 3.08. The van der Waals surface area contributed by atoms with Gasteiger partial charge in [-0.2, -0.15) is 0 Å². The van der Waals surface area contributed by atoms with Crippen molar-refractivity contribution in [2.45, 2.75) is 38.3 Å². The maximum absolute atomic E-state index is 13.1. The molecule has 2 aliphatic heterocycles. The van der Waals surface area contributed by atoms with E-state index in [1.807, 2.05) is 0 Å². The Labute approximate surface area is 139 Å². The molecule has 0 unspecified atom stereocenters. The summed E-state index contributed by atoms with van der Waals surface area (Å²) in [5.41, 5.74) is 1.31. The molecule has 122 valence electrons. The molecule has 2 fully saturated rings. The van der Waals surface area contributed by atoms with Gasteiger partial charge in [-0.15, -0.1) is 0 Å². The molecule has 1 aromatic rings. The summed E-state index contributed by atoms with van der Waals surface area (Å²) < 4.78 is 0. The van der Waals surface area contributed by atoms with E-state index in [2.05, 4.69) is 52.3 Å². The molecule has 4 rings (SSSR count). The minimum atomic E-state index is 0.100. The van der Waals surface area contributed by atoms with Gasteiger partial charge in [-0.05, 0) is 49.6 Å². The van der Waals surface area contributed by atoms with Crippen LogP contribution in [0.1, 0.15) is 31.2 Å². The highest BCUT2D eigenvalue weighted by Gasteiger charge is 2.40. The van der Waals surface area contributed by atoms with Gasteiger partial charge in [-0.1, -0.05) is 42.5 Å². The fourth-order valence-corrected chi connectivity index (χ4v) is 4.52. The van der Waals surface area contributed by atoms with Gasteiger partial charge in [0.1, 0.15) is 0 Å². The number of nitrogens with zero attached hydrogens (tertiary/aromatic N) is 2. The lowest BCUT2D eigenvalue weighted by Gasteiger charge is -2.28. The number of fused-ring (bicyclic) bond motifs is 1. The summed E-state index contributed by atoms with van der Waals surface area (Å²) in [6.07, 6.45) is 9.08. The number of likely N-dealkylation sites (tertiary alicyclic amines) is 2. The van der Waals surface area contributed by atoms with Crippen LogP contribution in [0.15, 0.2) is 42.5 Å². The summed E-state index contributed by atoms with van der Waals surface area (Å²) >= 11 is 0. The van der Waals surface area contributed by atoms with E-state index >= 15 is 0 Å². The average molecular weight is 310 g/mol. The lowest BCUT2D eigenvalue weighted by atomic mass is 9.86. The van der Waals surface area contributed by atoms with Crippen LogP contribution in [-0.4, -0.2) is 41.4 Å². The molecule has 3 heteroatoms. The second-order valence-electron chi connectivity index (χ2n) is 7.32. The maximum atomic E-state index is 13.1. The van der Waals surface area contributed by atoms with Crippen molar-refractivity contribution < 1.29 is 4.79 Å². The summed E-state index contributed by atoms with van der Waals surface area (Å²) in [6.45, 7) is 3.90. The van der Waals surface area contributed by atoms with E-state index in [0.717, 1.165) is 51.9 Å². The molecule has 0 radical (unpaired) electrons. The van der Waals surface area contributed by atoms with Crippen molar-refractivity contribution in [3.05, 3.63) is 48.0 Å². The van der Waals surface area contributed by atoms with Gasteiger partial charge < -0.3 is 4.90 Å². The molecular formula is C20H26N2O. The zero-order valence-corrected chi connectivity index (χ0v) is 13.7. The molecule has 2 saturated heterocycles. The van der Waals surface area contributed by atoms with E-state index < -0.39 is 0 Å². The smallest absolute Gasteiger partial charge is 0.239 e. The molecule has 23 heavy (non-hydrogen) atoms. The van der Waals surface area contributed by atoms with Gasteiger partial charge in [-0.3, -0.25) is 9.69 Å². The quantitative estimate of drug-likeness (QED) is 0.801. The molecule has 1 aliphatic carbocycles. The summed E-state index contributed by atoms with van der Waals surface area (Å²) in [5.74, 6) is 1.79. The SMILES string of the molecule is O=C([C@H]1CCCN1Cc1ccccc1)N1C[C@H]2CC=CC[C@H]2C1. The van der Waals surface area contributed by atoms with Gasteiger partial charge in [0, 0.05) is 19.6 Å². The Kier molecular flexibility index (Phi) is 4.21. The van der Waals surface area contributed by atoms with Crippen molar-refractivity contribution >= 4 is 5.91 Å². The van der Waals surface area contributed by atoms with Gasteiger partial charge in [0.05, 0.1) is 6.04 Å². The van der Waals surface area contributed by atoms with E-state index in [-0.39, 0.29) is 6.04 Å². The molecule has 3 aliphatic rings. The Morgan fingerprint density at radius 3 is 2.43 bits per heavy atom. The Morgan fingerprint density at radius 1 is 1.04 bits per heavy atom. The van der Waals surface area contributed by atoms with Crippen molar-refractivity contribution in [2.75, 3.05) is 19.6 Å². The highest BCUT2D eigenvalue weighted by atomic mass is 16.2. The van der Waals surface area contributed by atoms with Crippen molar-refractivity contribution in [1.29, 1.82) is 0 Å². The van der Waals surface area contributed by atoms with Gasteiger partial charge in [0.15, 0.2) is 0 Å². The molecule has 3 nitrogen and oxygen atoms in total. The third-order valence-electron chi connectivity index (χ3n) is 5.81. The molecule has 0 aromatic heterocycles. The second kappa shape index (κ2) is 6.48. The van der Waals surface area contributed by atoms with E-state index in [9.17, 15) is 4.79 Å². The highest BCUT2D eigenvalue weighted by Crippen LogP contribution is 2.34. The zero-order chi connectivity index (χ0) is 15.6. The normalized spacial score (nSPS) is 30.6. The van der Waals surface area contributed by atoms with Crippen LogP contribution in [0.5, 0.6) is 0 Å². The summed E-state index contributed by atoms with van der Waals surface area (Å²) in [6, 6.07) is 10.6. The number of rotatable bonds is 3. The van der Waals surface area contributed by atoms with Crippen LogP contribution in [0.25, 0.3) is 0 Å². The standard InChI is InChI=1S/C20H26N2O/c23-20(22-14-17-9-4-5-10-18(17)15-22)19-11-6-12-21(19)13-16-7-2-1-3-8-16/h1-5,7-8,17-19H,6,9-15H2/t17-,18+,19-/m1/s1. The van der Waals surface area contributed by atoms with E-state index in [1.54, 1.807) is 0 Å². The molecule has 3 atom stereocenters. The topological polar surface area (TPSA) is 23.6 Å². The summed E-state index contributed by atoms with van der Waals surface area (Å²) in [7, 11) is 0. The highest BCUT2D eigenvalue weighted by molar-refractivity contribution is 5.82. The Hall–Kier alpha value is -1.61. The van der Waals surface area contributed by atoms with Gasteiger partial charge in [-0.25, -0.2) is 0 Å². The van der Waals surface area contributed by atoms with Gasteiger partial charge in [0.25, 0.3) is 0 Å². The molecule has 0 N–H and O–H groups in total. The summed E-state index contributed by atoms with van der Waals surface area (Å²) in [4.78, 5) is 17.6. The number of hydrogen-bond donors (Lipinski definition) is 0. The van der Waals surface area contributed by atoms with Gasteiger partial charge in [0.2, 0.25) is 5.91 Å². The predicted molar refractivity (Wildman–Crippen MR) is 91.8 cm³/mol. The van der Waals surface area contributed by atoms with Crippen LogP contribution in [0, 0.1) is 11.8 Å². The molecule has 2 heterocycles. The number of amides is 1. The van der Waals surface area contributed by atoms with Crippen molar-refractivity contribution in [1.82, 2.24) is 9.80 Å². The van der Waals surface area contributed by atoms with E-state index in [1.165, 1.54) is 5.56 Å². The van der Waals surface area contributed by atoms with E-state index in [4.69, 9.17) is 0 Å². The van der Waals surface area contributed by atoms with Crippen LogP contribution in [0.3, 0.4) is 0 Å². The zero-order valence-electron chi connectivity index (χ0n) is 13.7. The first-order valence-corrected chi connectivity index (χ1v) is 9.03. The minimum Gasteiger partial charge on any atom is -0.341 e. The molecule has 0 saturated carbocycles. The first-order valence-electron chi connectivity index (χ1n) is 9.03. The summed E-state index contributed by atoms with van der Waals surface area (Å²) in [5, 5.41) is 0. The monoisotopic (exact) mass is 310 g/mol. The van der Waals surface area contributed by atoms with Crippen molar-refractivity contribution in [3.8, 4) is 0 Å². The number of carbonyl (C=O) groups is 1. The second-order valence-corrected chi connectivity index (χ2v) is 7.32. The number of hydrogen-bond acceptors (Lipinski definition) is 2. The van der Waals surface area contributed by atoms with Crippen LogP contribution >= 0.6 is 0 Å². The van der Waals surface area contributed by atoms with Gasteiger partial charge >= 0.3 is 0 Å². The maximum Gasteiger partial charge on any atom is 0.239 e. The van der Waals surface area contributed by atoms with Crippen LogP contribution in [0.2, 0.25) is 0 Å². The van der Waals surface area contributed by atoms with Crippen molar-refractivity contribution in [2.24, 2.45) is 11.8 Å².